The molecule has 0 spiro atoms. The standard InChI is InChI=1S/C20H18N6O2S2/c1-13(24-25-20(21)22)15-12-26(17-8-3-2-6-14(15)17)30(27,28)19-10-9-18(29-19)16-7-4-5-11-23-16/h2-12H,1H3,(H4,21,22,25). The van der Waals surface area contributed by atoms with Crippen LogP contribution in [0.15, 0.2) is 76.3 Å². The maximum absolute atomic E-state index is 13.4. The van der Waals surface area contributed by atoms with Crippen molar-refractivity contribution < 1.29 is 8.42 Å². The fraction of sp³-hybridized carbons (Fsp3) is 0.0500. The highest BCUT2D eigenvalue weighted by Crippen LogP contribution is 2.33. The maximum atomic E-state index is 13.4. The number of nitrogens with two attached hydrogens (primary N) is 1. The molecular weight excluding hydrogens is 420 g/mol. The zero-order valence-electron chi connectivity index (χ0n) is 15.9. The maximum Gasteiger partial charge on any atom is 0.277 e. The molecule has 3 heterocycles. The molecule has 0 fully saturated rings. The lowest BCUT2D eigenvalue weighted by Gasteiger charge is -2.05. The summed E-state index contributed by atoms with van der Waals surface area (Å²) < 4.78 is 28.4. The van der Waals surface area contributed by atoms with Gasteiger partial charge >= 0.3 is 0 Å². The highest BCUT2D eigenvalue weighted by Gasteiger charge is 2.24. The second kappa shape index (κ2) is 7.73. The third-order valence-corrected chi connectivity index (χ3v) is 7.67. The molecule has 152 valence electrons. The smallest absolute Gasteiger partial charge is 0.277 e. The molecule has 4 rings (SSSR count). The molecule has 8 nitrogen and oxygen atoms in total. The van der Waals surface area contributed by atoms with E-state index in [0.717, 1.165) is 16.0 Å². The Balaban J connectivity index is 1.82. The van der Waals surface area contributed by atoms with Gasteiger partial charge in [0.05, 0.1) is 21.8 Å². The van der Waals surface area contributed by atoms with Gasteiger partial charge in [0.1, 0.15) is 4.21 Å². The average molecular weight is 439 g/mol. The van der Waals surface area contributed by atoms with E-state index in [1.807, 2.05) is 30.3 Å². The number of hydrazone groups is 1. The lowest BCUT2D eigenvalue weighted by atomic mass is 10.1. The predicted molar refractivity (Wildman–Crippen MR) is 119 cm³/mol. The Labute approximate surface area is 177 Å². The number of thiophene rings is 1. The first-order chi connectivity index (χ1) is 14.4. The van der Waals surface area contributed by atoms with Crippen LogP contribution in [0.1, 0.15) is 12.5 Å². The molecule has 4 N–H and O–H groups in total. The van der Waals surface area contributed by atoms with Crippen molar-refractivity contribution >= 4 is 43.9 Å². The molecule has 0 saturated heterocycles. The van der Waals surface area contributed by atoms with Crippen molar-refractivity contribution in [3.63, 3.8) is 0 Å². The van der Waals surface area contributed by atoms with Gasteiger partial charge in [0.15, 0.2) is 0 Å². The minimum Gasteiger partial charge on any atom is -0.369 e. The van der Waals surface area contributed by atoms with E-state index in [2.05, 4.69) is 15.5 Å². The highest BCUT2D eigenvalue weighted by atomic mass is 32.2. The molecule has 0 unspecified atom stereocenters. The van der Waals surface area contributed by atoms with E-state index >= 15 is 0 Å². The van der Waals surface area contributed by atoms with Gasteiger partial charge in [-0.3, -0.25) is 10.4 Å². The lowest BCUT2D eigenvalue weighted by Crippen LogP contribution is -2.26. The Morgan fingerprint density at radius 2 is 1.93 bits per heavy atom. The highest BCUT2D eigenvalue weighted by molar-refractivity contribution is 7.92. The normalized spacial score (nSPS) is 12.2. The average Bonchev–Trinajstić information content (AvgIpc) is 3.39. The fourth-order valence-electron chi connectivity index (χ4n) is 3.04. The molecule has 0 bridgehead atoms. The fourth-order valence-corrected chi connectivity index (χ4v) is 5.79. The van der Waals surface area contributed by atoms with Crippen LogP contribution in [-0.4, -0.2) is 29.0 Å². The van der Waals surface area contributed by atoms with Crippen LogP contribution < -0.4 is 11.2 Å². The van der Waals surface area contributed by atoms with Gasteiger partial charge < -0.3 is 5.73 Å². The van der Waals surface area contributed by atoms with Crippen LogP contribution in [0.25, 0.3) is 21.5 Å². The molecule has 0 aliphatic rings. The van der Waals surface area contributed by atoms with Crippen molar-refractivity contribution in [1.82, 2.24) is 14.4 Å². The molecule has 3 aromatic heterocycles. The van der Waals surface area contributed by atoms with E-state index in [4.69, 9.17) is 11.1 Å². The number of rotatable bonds is 5. The third-order valence-electron chi connectivity index (χ3n) is 4.42. The van der Waals surface area contributed by atoms with Crippen molar-refractivity contribution in [2.24, 2.45) is 10.8 Å². The number of fused-ring (bicyclic) bond motifs is 1. The summed E-state index contributed by atoms with van der Waals surface area (Å²) in [5.74, 6) is -0.300. The minimum absolute atomic E-state index is 0.215. The van der Waals surface area contributed by atoms with Crippen LogP contribution in [0.5, 0.6) is 0 Å². The van der Waals surface area contributed by atoms with Crippen molar-refractivity contribution in [3.05, 3.63) is 72.6 Å². The molecule has 0 saturated carbocycles. The van der Waals surface area contributed by atoms with Gasteiger partial charge in [-0.25, -0.2) is 9.40 Å². The summed E-state index contributed by atoms with van der Waals surface area (Å²) in [6.07, 6.45) is 3.22. The zero-order chi connectivity index (χ0) is 21.3. The molecule has 10 heteroatoms. The van der Waals surface area contributed by atoms with Crippen LogP contribution in [0.3, 0.4) is 0 Å². The second-order valence-electron chi connectivity index (χ2n) is 6.42. The lowest BCUT2D eigenvalue weighted by molar-refractivity contribution is 0.591. The van der Waals surface area contributed by atoms with Crippen molar-refractivity contribution in [1.29, 1.82) is 5.41 Å². The number of benzene rings is 1. The largest absolute Gasteiger partial charge is 0.369 e. The number of para-hydroxylation sites is 1. The number of aromatic nitrogens is 2. The summed E-state index contributed by atoms with van der Waals surface area (Å²) in [6, 6.07) is 16.1. The zero-order valence-corrected chi connectivity index (χ0v) is 17.5. The van der Waals surface area contributed by atoms with Crippen molar-refractivity contribution in [2.75, 3.05) is 0 Å². The number of hydrogen-bond acceptors (Lipinski definition) is 6. The van der Waals surface area contributed by atoms with E-state index in [9.17, 15) is 8.42 Å². The summed E-state index contributed by atoms with van der Waals surface area (Å²) in [6.45, 7) is 1.72. The number of pyridine rings is 1. The number of nitrogens with one attached hydrogen (secondary N) is 2. The Hall–Kier alpha value is -3.50. The van der Waals surface area contributed by atoms with Crippen molar-refractivity contribution in [2.45, 2.75) is 11.1 Å². The van der Waals surface area contributed by atoms with Crippen molar-refractivity contribution in [3.8, 4) is 10.6 Å². The number of nitrogens with zero attached hydrogens (tertiary/aromatic N) is 3. The van der Waals surface area contributed by atoms with Crippen LogP contribution in [0, 0.1) is 5.41 Å². The Morgan fingerprint density at radius 1 is 1.17 bits per heavy atom. The molecule has 0 atom stereocenters. The van der Waals surface area contributed by atoms with E-state index in [0.29, 0.717) is 16.8 Å². The Kier molecular flexibility index (Phi) is 5.10. The second-order valence-corrected chi connectivity index (χ2v) is 9.54. The summed E-state index contributed by atoms with van der Waals surface area (Å²) >= 11 is 1.17. The first-order valence-corrected chi connectivity index (χ1v) is 11.1. The van der Waals surface area contributed by atoms with E-state index in [1.54, 1.807) is 43.6 Å². The molecule has 4 aromatic rings. The van der Waals surface area contributed by atoms with Crippen LogP contribution >= 0.6 is 11.3 Å². The summed E-state index contributed by atoms with van der Waals surface area (Å²) in [5.41, 5.74) is 10.1. The van der Waals surface area contributed by atoms with Gasteiger partial charge in [0.25, 0.3) is 10.0 Å². The van der Waals surface area contributed by atoms with E-state index in [1.165, 1.54) is 15.3 Å². The number of guanidine groups is 1. The monoisotopic (exact) mass is 438 g/mol. The van der Waals surface area contributed by atoms with Gasteiger partial charge in [-0.15, -0.1) is 11.3 Å². The van der Waals surface area contributed by atoms with Crippen LogP contribution in [-0.2, 0) is 10.0 Å². The SMILES string of the molecule is CC(=NNC(=N)N)c1cn(S(=O)(=O)c2ccc(-c3ccccn3)s2)c2ccccc12. The van der Waals surface area contributed by atoms with Gasteiger partial charge in [-0.1, -0.05) is 24.3 Å². The molecule has 1 aromatic carbocycles. The summed E-state index contributed by atoms with van der Waals surface area (Å²) in [7, 11) is -3.83. The van der Waals surface area contributed by atoms with Gasteiger partial charge in [0.2, 0.25) is 5.96 Å². The Morgan fingerprint density at radius 3 is 2.67 bits per heavy atom. The molecular formula is C20H18N6O2S2. The first kappa shape index (κ1) is 19.8. The summed E-state index contributed by atoms with van der Waals surface area (Å²) in [4.78, 5) is 5.06. The molecule has 0 radical (unpaired) electrons. The predicted octanol–water partition coefficient (Wildman–Crippen LogP) is 3.21. The van der Waals surface area contributed by atoms with E-state index in [-0.39, 0.29) is 10.2 Å². The van der Waals surface area contributed by atoms with Gasteiger partial charge in [0, 0.05) is 23.3 Å². The van der Waals surface area contributed by atoms with Crippen LogP contribution in [0.4, 0.5) is 0 Å². The topological polar surface area (TPSA) is 126 Å². The third kappa shape index (κ3) is 3.58. The quantitative estimate of drug-likeness (QED) is 0.251. The molecule has 0 aliphatic carbocycles. The number of hydrogen-bond donors (Lipinski definition) is 3. The van der Waals surface area contributed by atoms with Gasteiger partial charge in [-0.05, 0) is 37.3 Å². The van der Waals surface area contributed by atoms with Crippen LogP contribution in [0.2, 0.25) is 0 Å². The molecule has 0 aliphatic heterocycles. The Bertz CT molecular complexity index is 1370. The minimum atomic E-state index is -3.83. The first-order valence-electron chi connectivity index (χ1n) is 8.89. The van der Waals surface area contributed by atoms with E-state index < -0.39 is 10.0 Å². The van der Waals surface area contributed by atoms with Gasteiger partial charge in [-0.2, -0.15) is 13.5 Å². The molecule has 0 amide bonds. The molecule has 30 heavy (non-hydrogen) atoms. The summed E-state index contributed by atoms with van der Waals surface area (Å²) in [5, 5.41) is 12.0.